The molecule has 0 atom stereocenters. The van der Waals surface area contributed by atoms with Crippen molar-refractivity contribution in [3.63, 3.8) is 0 Å². The normalized spacial score (nSPS) is 14.7. The maximum Gasteiger partial charge on any atom is 0.240 e. The third-order valence-corrected chi connectivity index (χ3v) is 5.86. The lowest BCUT2D eigenvalue weighted by atomic mass is 10.1. The van der Waals surface area contributed by atoms with Crippen LogP contribution in [0.4, 0.5) is 0 Å². The molecule has 2 aliphatic rings. The number of nitrogens with one attached hydrogen (secondary N) is 2. The van der Waals surface area contributed by atoms with Crippen molar-refractivity contribution in [2.24, 2.45) is 10.2 Å². The predicted octanol–water partition coefficient (Wildman–Crippen LogP) is 3.43. The zero-order valence-electron chi connectivity index (χ0n) is 17.7. The molecule has 2 aromatic carbocycles. The first-order valence-corrected chi connectivity index (χ1v) is 11.0. The average molecular weight is 417 g/mol. The Balaban J connectivity index is 1.13. The molecule has 0 saturated heterocycles. The summed E-state index contributed by atoms with van der Waals surface area (Å²) in [6.45, 7) is 0. The molecule has 0 bridgehead atoms. The highest BCUT2D eigenvalue weighted by atomic mass is 16.2. The molecule has 160 valence electrons. The molecule has 4 rings (SSSR count). The standard InChI is InChI=1S/C25H28N4O2/c30-24(28-26-16-18-10-12-20-4-1-6-22(20)14-18)8-3-9-25(31)29-27-17-19-11-13-21-5-2-7-23(21)15-19/h10-17H,1-9H2,(H,28,30)(H,29,31)/b26-16+,27-17+. The molecule has 6 nitrogen and oxygen atoms in total. The minimum absolute atomic E-state index is 0.202. The molecule has 0 spiro atoms. The fourth-order valence-electron chi connectivity index (χ4n) is 4.22. The number of nitrogens with zero attached hydrogens (tertiary/aromatic N) is 2. The molecule has 0 unspecified atom stereocenters. The number of carbonyl (C=O) groups is 2. The molecule has 2 aromatic rings. The third-order valence-electron chi connectivity index (χ3n) is 5.86. The van der Waals surface area contributed by atoms with Gasteiger partial charge in [-0.15, -0.1) is 0 Å². The van der Waals surface area contributed by atoms with E-state index in [1.807, 2.05) is 12.1 Å². The smallest absolute Gasteiger partial charge is 0.240 e. The SMILES string of the molecule is O=C(CCCC(=O)N/N=C/c1ccc2c(c1)CCC2)N/N=C/c1ccc2c(c1)CCC2. The van der Waals surface area contributed by atoms with Crippen molar-refractivity contribution in [2.45, 2.75) is 57.8 Å². The van der Waals surface area contributed by atoms with Crippen LogP contribution in [0.3, 0.4) is 0 Å². The van der Waals surface area contributed by atoms with Gasteiger partial charge in [0.15, 0.2) is 0 Å². The fourth-order valence-corrected chi connectivity index (χ4v) is 4.22. The van der Waals surface area contributed by atoms with E-state index < -0.39 is 0 Å². The summed E-state index contributed by atoms with van der Waals surface area (Å²) in [5, 5.41) is 8.05. The summed E-state index contributed by atoms with van der Waals surface area (Å²) in [4.78, 5) is 23.8. The van der Waals surface area contributed by atoms with Gasteiger partial charge in [-0.25, -0.2) is 10.9 Å². The molecule has 2 amide bonds. The van der Waals surface area contributed by atoms with E-state index in [9.17, 15) is 9.59 Å². The number of hydrazone groups is 2. The number of aryl methyl sites for hydroxylation is 4. The van der Waals surface area contributed by atoms with E-state index in [4.69, 9.17) is 0 Å². The number of hydrogen-bond acceptors (Lipinski definition) is 4. The van der Waals surface area contributed by atoms with Gasteiger partial charge in [0.1, 0.15) is 0 Å². The Kier molecular flexibility index (Phi) is 6.87. The van der Waals surface area contributed by atoms with Gasteiger partial charge >= 0.3 is 0 Å². The van der Waals surface area contributed by atoms with Crippen molar-refractivity contribution in [3.8, 4) is 0 Å². The van der Waals surface area contributed by atoms with E-state index in [0.717, 1.165) is 36.8 Å². The van der Waals surface area contributed by atoms with Crippen molar-refractivity contribution < 1.29 is 9.59 Å². The van der Waals surface area contributed by atoms with Crippen molar-refractivity contribution in [1.82, 2.24) is 10.9 Å². The molecule has 0 aliphatic heterocycles. The maximum atomic E-state index is 11.9. The second-order valence-electron chi connectivity index (χ2n) is 8.20. The first-order chi connectivity index (χ1) is 15.2. The minimum atomic E-state index is -0.202. The second kappa shape index (κ2) is 10.2. The van der Waals surface area contributed by atoms with Gasteiger partial charge < -0.3 is 0 Å². The van der Waals surface area contributed by atoms with Gasteiger partial charge in [-0.1, -0.05) is 24.3 Å². The number of rotatable bonds is 8. The van der Waals surface area contributed by atoms with E-state index in [0.29, 0.717) is 6.42 Å². The Labute approximate surface area is 182 Å². The molecular formula is C25H28N4O2. The zero-order valence-corrected chi connectivity index (χ0v) is 17.7. The highest BCUT2D eigenvalue weighted by molar-refractivity contribution is 5.84. The van der Waals surface area contributed by atoms with Gasteiger partial charge in [0.25, 0.3) is 0 Å². The van der Waals surface area contributed by atoms with Crippen LogP contribution in [0.1, 0.15) is 65.5 Å². The van der Waals surface area contributed by atoms with E-state index in [-0.39, 0.29) is 24.7 Å². The van der Waals surface area contributed by atoms with Crippen LogP contribution in [0.25, 0.3) is 0 Å². The van der Waals surface area contributed by atoms with Crippen LogP contribution >= 0.6 is 0 Å². The summed E-state index contributed by atoms with van der Waals surface area (Å²) in [6, 6.07) is 12.6. The van der Waals surface area contributed by atoms with Gasteiger partial charge in [0, 0.05) is 12.8 Å². The fraction of sp³-hybridized carbons (Fsp3) is 0.360. The lowest BCUT2D eigenvalue weighted by Crippen LogP contribution is -2.20. The molecule has 2 aliphatic carbocycles. The molecule has 2 N–H and O–H groups in total. The summed E-state index contributed by atoms with van der Waals surface area (Å²) in [7, 11) is 0. The lowest BCUT2D eigenvalue weighted by molar-refractivity contribution is -0.122. The maximum absolute atomic E-state index is 11.9. The Bertz CT molecular complexity index is 945. The molecule has 6 heteroatoms. The minimum Gasteiger partial charge on any atom is -0.273 e. The van der Waals surface area contributed by atoms with Crippen LogP contribution in [0.5, 0.6) is 0 Å². The Morgan fingerprint density at radius 1 is 0.710 bits per heavy atom. The number of amides is 2. The van der Waals surface area contributed by atoms with Crippen LogP contribution in [0.2, 0.25) is 0 Å². The molecule has 31 heavy (non-hydrogen) atoms. The van der Waals surface area contributed by atoms with E-state index in [2.05, 4.69) is 45.3 Å². The Morgan fingerprint density at radius 3 is 1.65 bits per heavy atom. The molecule has 0 aromatic heterocycles. The van der Waals surface area contributed by atoms with Crippen molar-refractivity contribution >= 4 is 24.2 Å². The molecule has 0 radical (unpaired) electrons. The Hall–Kier alpha value is -3.28. The van der Waals surface area contributed by atoms with Crippen molar-refractivity contribution in [1.29, 1.82) is 0 Å². The van der Waals surface area contributed by atoms with Gasteiger partial charge in [-0.2, -0.15) is 10.2 Å². The van der Waals surface area contributed by atoms with Crippen LogP contribution in [-0.2, 0) is 35.3 Å². The first kappa shape index (κ1) is 21.0. The van der Waals surface area contributed by atoms with Gasteiger partial charge in [-0.3, -0.25) is 9.59 Å². The quantitative estimate of drug-likeness (QED) is 0.510. The van der Waals surface area contributed by atoms with Crippen LogP contribution in [-0.4, -0.2) is 24.2 Å². The van der Waals surface area contributed by atoms with Crippen molar-refractivity contribution in [2.75, 3.05) is 0 Å². The predicted molar refractivity (Wildman–Crippen MR) is 122 cm³/mol. The summed E-state index contributed by atoms with van der Waals surface area (Å²) in [6.07, 6.45) is 11.2. The number of carbonyl (C=O) groups excluding carboxylic acids is 2. The van der Waals surface area contributed by atoms with E-state index in [1.54, 1.807) is 12.4 Å². The largest absolute Gasteiger partial charge is 0.273 e. The average Bonchev–Trinajstić information content (AvgIpc) is 3.42. The van der Waals surface area contributed by atoms with Crippen LogP contribution < -0.4 is 10.9 Å². The topological polar surface area (TPSA) is 82.9 Å². The first-order valence-electron chi connectivity index (χ1n) is 11.0. The molecule has 0 fully saturated rings. The summed E-state index contributed by atoms with van der Waals surface area (Å²) < 4.78 is 0. The van der Waals surface area contributed by atoms with Crippen LogP contribution in [0, 0.1) is 0 Å². The number of benzene rings is 2. The lowest BCUT2D eigenvalue weighted by Gasteiger charge is -2.02. The second-order valence-corrected chi connectivity index (χ2v) is 8.20. The molecule has 0 saturated carbocycles. The highest BCUT2D eigenvalue weighted by Crippen LogP contribution is 2.23. The van der Waals surface area contributed by atoms with E-state index >= 15 is 0 Å². The zero-order chi connectivity index (χ0) is 21.5. The molecule has 0 heterocycles. The summed E-state index contributed by atoms with van der Waals surface area (Å²) in [5.41, 5.74) is 12.6. The monoisotopic (exact) mass is 416 g/mol. The van der Waals surface area contributed by atoms with Crippen molar-refractivity contribution in [3.05, 3.63) is 69.8 Å². The summed E-state index contributed by atoms with van der Waals surface area (Å²) in [5.74, 6) is -0.404. The molecular weight excluding hydrogens is 388 g/mol. The van der Waals surface area contributed by atoms with Gasteiger partial charge in [0.05, 0.1) is 12.4 Å². The number of hydrogen-bond donors (Lipinski definition) is 2. The van der Waals surface area contributed by atoms with Gasteiger partial charge in [0.2, 0.25) is 11.8 Å². The van der Waals surface area contributed by atoms with E-state index in [1.165, 1.54) is 35.1 Å². The summed E-state index contributed by atoms with van der Waals surface area (Å²) >= 11 is 0. The van der Waals surface area contributed by atoms with Gasteiger partial charge in [-0.05, 0) is 90.5 Å². The number of fused-ring (bicyclic) bond motifs is 2. The Morgan fingerprint density at radius 2 is 1.16 bits per heavy atom. The highest BCUT2D eigenvalue weighted by Gasteiger charge is 2.11. The van der Waals surface area contributed by atoms with Crippen LogP contribution in [0.15, 0.2) is 46.6 Å². The third kappa shape index (κ3) is 5.87.